The molecule has 2 aromatic rings. The molecule has 0 radical (unpaired) electrons. The second-order valence-electron chi connectivity index (χ2n) is 5.27. The Kier molecular flexibility index (Phi) is 4.70. The third-order valence-electron chi connectivity index (χ3n) is 3.31. The summed E-state index contributed by atoms with van der Waals surface area (Å²) in [4.78, 5) is 12.8. The van der Waals surface area contributed by atoms with Gasteiger partial charge in [-0.15, -0.1) is 0 Å². The highest BCUT2D eigenvalue weighted by Gasteiger charge is 2.10. The Labute approximate surface area is 123 Å². The summed E-state index contributed by atoms with van der Waals surface area (Å²) in [6.07, 6.45) is 0. The molecule has 0 aromatic heterocycles. The van der Waals surface area contributed by atoms with Crippen LogP contribution in [0, 0.1) is 12.7 Å². The topological polar surface area (TPSA) is 40.5 Å². The first-order valence-electron chi connectivity index (χ1n) is 6.71. The van der Waals surface area contributed by atoms with Gasteiger partial charge in [-0.1, -0.05) is 35.9 Å². The Bertz CT molecular complexity index is 638. The van der Waals surface area contributed by atoms with Gasteiger partial charge in [0.1, 0.15) is 5.82 Å². The lowest BCUT2D eigenvalue weighted by molar-refractivity contribution is 0.0696. The molecule has 0 spiro atoms. The van der Waals surface area contributed by atoms with Crippen molar-refractivity contribution in [1.29, 1.82) is 0 Å². The molecule has 2 rings (SSSR count). The van der Waals surface area contributed by atoms with Crippen LogP contribution in [0.3, 0.4) is 0 Å². The first-order valence-corrected chi connectivity index (χ1v) is 6.71. The summed E-state index contributed by atoms with van der Waals surface area (Å²) in [6.45, 7) is 3.17. The van der Waals surface area contributed by atoms with E-state index in [-0.39, 0.29) is 5.56 Å². The van der Waals surface area contributed by atoms with Crippen LogP contribution in [0.15, 0.2) is 42.5 Å². The van der Waals surface area contributed by atoms with Crippen LogP contribution in [0.25, 0.3) is 0 Å². The third kappa shape index (κ3) is 4.13. The maximum Gasteiger partial charge on any atom is 0.335 e. The van der Waals surface area contributed by atoms with E-state index in [4.69, 9.17) is 5.11 Å². The molecular weight excluding hydrogens is 269 g/mol. The Hall–Kier alpha value is -2.20. The first kappa shape index (κ1) is 15.2. The molecule has 21 heavy (non-hydrogen) atoms. The lowest BCUT2D eigenvalue weighted by Crippen LogP contribution is -2.18. The van der Waals surface area contributed by atoms with Gasteiger partial charge in [0.05, 0.1) is 5.56 Å². The number of aromatic carboxylic acids is 1. The maximum absolute atomic E-state index is 13.9. The molecule has 2 aromatic carbocycles. The fourth-order valence-electron chi connectivity index (χ4n) is 2.16. The Morgan fingerprint density at radius 2 is 1.81 bits per heavy atom. The molecule has 0 heterocycles. The van der Waals surface area contributed by atoms with E-state index in [0.29, 0.717) is 18.7 Å². The van der Waals surface area contributed by atoms with Crippen molar-refractivity contribution in [3.8, 4) is 0 Å². The number of aryl methyl sites for hydroxylation is 1. The number of carboxylic acid groups (broad SMARTS) is 1. The van der Waals surface area contributed by atoms with Crippen molar-refractivity contribution in [3.63, 3.8) is 0 Å². The smallest absolute Gasteiger partial charge is 0.335 e. The number of hydrogen-bond donors (Lipinski definition) is 1. The monoisotopic (exact) mass is 287 g/mol. The van der Waals surface area contributed by atoms with Gasteiger partial charge in [0, 0.05) is 18.7 Å². The highest BCUT2D eigenvalue weighted by Crippen LogP contribution is 2.14. The predicted molar refractivity (Wildman–Crippen MR) is 79.7 cm³/mol. The van der Waals surface area contributed by atoms with Gasteiger partial charge in [0.25, 0.3) is 0 Å². The van der Waals surface area contributed by atoms with Gasteiger partial charge in [-0.2, -0.15) is 0 Å². The normalized spacial score (nSPS) is 10.9. The Balaban J connectivity index is 2.04. The van der Waals surface area contributed by atoms with Gasteiger partial charge in [0.15, 0.2) is 0 Å². The van der Waals surface area contributed by atoms with E-state index in [9.17, 15) is 9.18 Å². The number of nitrogens with zero attached hydrogens (tertiary/aromatic N) is 1. The van der Waals surface area contributed by atoms with Gasteiger partial charge in [-0.3, -0.25) is 4.90 Å². The van der Waals surface area contributed by atoms with Crippen LogP contribution in [0.2, 0.25) is 0 Å². The summed E-state index contributed by atoms with van der Waals surface area (Å²) in [5.41, 5.74) is 2.83. The highest BCUT2D eigenvalue weighted by molar-refractivity contribution is 5.87. The molecule has 0 fully saturated rings. The van der Waals surface area contributed by atoms with Crippen molar-refractivity contribution >= 4 is 5.97 Å². The highest BCUT2D eigenvalue weighted by atomic mass is 19.1. The molecule has 0 aliphatic heterocycles. The molecule has 110 valence electrons. The number of carbonyl (C=O) groups is 1. The van der Waals surface area contributed by atoms with Gasteiger partial charge >= 0.3 is 5.97 Å². The standard InChI is InChI=1S/C17H18FNO2/c1-12-3-5-13(6-4-12)10-19(2)11-15-8-7-14(17(20)21)9-16(15)18/h3-9H,10-11H2,1-2H3,(H,20,21). The van der Waals surface area contributed by atoms with Crippen LogP contribution in [-0.4, -0.2) is 23.0 Å². The SMILES string of the molecule is Cc1ccc(CN(C)Cc2ccc(C(=O)O)cc2F)cc1. The molecule has 0 saturated heterocycles. The number of halogens is 1. The lowest BCUT2D eigenvalue weighted by atomic mass is 10.1. The minimum absolute atomic E-state index is 0.0302. The van der Waals surface area contributed by atoms with Gasteiger partial charge in [-0.25, -0.2) is 9.18 Å². The van der Waals surface area contributed by atoms with Crippen LogP contribution in [0.5, 0.6) is 0 Å². The molecule has 1 N–H and O–H groups in total. The number of benzene rings is 2. The van der Waals surface area contributed by atoms with Crippen LogP contribution >= 0.6 is 0 Å². The minimum atomic E-state index is -1.12. The van der Waals surface area contributed by atoms with E-state index in [1.54, 1.807) is 0 Å². The zero-order chi connectivity index (χ0) is 15.4. The molecule has 0 saturated carbocycles. The molecule has 3 nitrogen and oxygen atoms in total. The molecular formula is C17H18FNO2. The van der Waals surface area contributed by atoms with Crippen molar-refractivity contribution in [1.82, 2.24) is 4.90 Å². The fourth-order valence-corrected chi connectivity index (χ4v) is 2.16. The molecule has 4 heteroatoms. The van der Waals surface area contributed by atoms with E-state index in [0.717, 1.165) is 11.6 Å². The Morgan fingerprint density at radius 3 is 2.38 bits per heavy atom. The van der Waals surface area contributed by atoms with E-state index < -0.39 is 11.8 Å². The van der Waals surface area contributed by atoms with E-state index in [2.05, 4.69) is 12.1 Å². The van der Waals surface area contributed by atoms with E-state index in [1.165, 1.54) is 17.7 Å². The Morgan fingerprint density at radius 1 is 1.14 bits per heavy atom. The number of hydrogen-bond acceptors (Lipinski definition) is 2. The summed E-state index contributed by atoms with van der Waals surface area (Å²) in [7, 11) is 1.91. The fraction of sp³-hybridized carbons (Fsp3) is 0.235. The summed E-state index contributed by atoms with van der Waals surface area (Å²) >= 11 is 0. The average molecular weight is 287 g/mol. The van der Waals surface area contributed by atoms with E-state index in [1.807, 2.05) is 31.0 Å². The predicted octanol–water partition coefficient (Wildman–Crippen LogP) is 3.46. The van der Waals surface area contributed by atoms with Crippen LogP contribution in [-0.2, 0) is 13.1 Å². The zero-order valence-corrected chi connectivity index (χ0v) is 12.1. The summed E-state index contributed by atoms with van der Waals surface area (Å²) in [5.74, 6) is -1.60. The van der Waals surface area contributed by atoms with E-state index >= 15 is 0 Å². The molecule has 0 aliphatic carbocycles. The van der Waals surface area contributed by atoms with Crippen molar-refractivity contribution in [2.24, 2.45) is 0 Å². The molecule has 0 unspecified atom stereocenters. The van der Waals surface area contributed by atoms with Gasteiger partial charge < -0.3 is 5.11 Å². The van der Waals surface area contributed by atoms with Crippen LogP contribution in [0.1, 0.15) is 27.0 Å². The number of rotatable bonds is 5. The third-order valence-corrected chi connectivity index (χ3v) is 3.31. The van der Waals surface area contributed by atoms with Crippen molar-refractivity contribution in [2.45, 2.75) is 20.0 Å². The summed E-state index contributed by atoms with van der Waals surface area (Å²) in [6, 6.07) is 12.2. The minimum Gasteiger partial charge on any atom is -0.478 e. The van der Waals surface area contributed by atoms with Crippen LogP contribution in [0.4, 0.5) is 4.39 Å². The first-order chi connectivity index (χ1) is 9.95. The largest absolute Gasteiger partial charge is 0.478 e. The van der Waals surface area contributed by atoms with Crippen molar-refractivity contribution in [3.05, 3.63) is 70.5 Å². The van der Waals surface area contributed by atoms with Gasteiger partial charge in [0.2, 0.25) is 0 Å². The molecule has 0 atom stereocenters. The molecule has 0 amide bonds. The summed E-state index contributed by atoms with van der Waals surface area (Å²) in [5, 5.41) is 8.82. The van der Waals surface area contributed by atoms with Gasteiger partial charge in [-0.05, 0) is 31.7 Å². The number of carboxylic acids is 1. The quantitative estimate of drug-likeness (QED) is 0.915. The molecule has 0 bridgehead atoms. The lowest BCUT2D eigenvalue weighted by Gasteiger charge is -2.17. The zero-order valence-electron chi connectivity index (χ0n) is 12.1. The van der Waals surface area contributed by atoms with Crippen molar-refractivity contribution in [2.75, 3.05) is 7.05 Å². The van der Waals surface area contributed by atoms with Crippen LogP contribution < -0.4 is 0 Å². The second-order valence-corrected chi connectivity index (χ2v) is 5.27. The molecule has 0 aliphatic rings. The second kappa shape index (κ2) is 6.50. The summed E-state index contributed by atoms with van der Waals surface area (Å²) < 4.78 is 13.9. The maximum atomic E-state index is 13.9. The average Bonchev–Trinajstić information content (AvgIpc) is 2.43. The van der Waals surface area contributed by atoms with Crippen molar-refractivity contribution < 1.29 is 14.3 Å².